The first-order chi connectivity index (χ1) is 11.0. The van der Waals surface area contributed by atoms with Gasteiger partial charge in [0.05, 0.1) is 5.56 Å². The Morgan fingerprint density at radius 3 is 3.00 bits per heavy atom. The average molecular weight is 313 g/mol. The zero-order chi connectivity index (χ0) is 16.4. The third-order valence-electron chi connectivity index (χ3n) is 3.89. The van der Waals surface area contributed by atoms with Gasteiger partial charge in [0.2, 0.25) is 0 Å². The SMILES string of the molecule is CC(=O)c1cccc2c1OB(O)[C@@H](CC(=O)Cn1cncn1)C2. The fourth-order valence-corrected chi connectivity index (χ4v) is 2.79. The topological polar surface area (TPSA) is 94.3 Å². The maximum Gasteiger partial charge on any atom is 0.526 e. The number of aromatic nitrogens is 3. The van der Waals surface area contributed by atoms with E-state index in [0.29, 0.717) is 17.7 Å². The lowest BCUT2D eigenvalue weighted by molar-refractivity contribution is -0.120. The van der Waals surface area contributed by atoms with E-state index in [2.05, 4.69) is 10.1 Å². The largest absolute Gasteiger partial charge is 0.535 e. The highest BCUT2D eigenvalue weighted by Gasteiger charge is 2.37. The van der Waals surface area contributed by atoms with E-state index in [1.165, 1.54) is 24.3 Å². The van der Waals surface area contributed by atoms with Crippen LogP contribution in [-0.4, -0.2) is 38.5 Å². The molecule has 0 aliphatic carbocycles. The van der Waals surface area contributed by atoms with Crippen molar-refractivity contribution in [2.24, 2.45) is 0 Å². The molecule has 1 aromatic carbocycles. The average Bonchev–Trinajstić information content (AvgIpc) is 3.00. The van der Waals surface area contributed by atoms with Gasteiger partial charge in [-0.3, -0.25) is 9.59 Å². The molecule has 2 heterocycles. The molecule has 0 unspecified atom stereocenters. The van der Waals surface area contributed by atoms with Gasteiger partial charge in [-0.25, -0.2) is 9.67 Å². The molecule has 3 rings (SSSR count). The Balaban J connectivity index is 1.72. The van der Waals surface area contributed by atoms with E-state index < -0.39 is 7.12 Å². The summed E-state index contributed by atoms with van der Waals surface area (Å²) in [6.45, 7) is 1.57. The highest BCUT2D eigenvalue weighted by atomic mass is 16.5. The number of carbonyl (C=O) groups excluding carboxylic acids is 2. The van der Waals surface area contributed by atoms with Crippen molar-refractivity contribution in [1.29, 1.82) is 0 Å². The summed E-state index contributed by atoms with van der Waals surface area (Å²) in [5.74, 6) is -0.0997. The van der Waals surface area contributed by atoms with Crippen LogP contribution in [0.2, 0.25) is 5.82 Å². The second kappa shape index (κ2) is 6.33. The van der Waals surface area contributed by atoms with Crippen LogP contribution >= 0.6 is 0 Å². The number of para-hydroxylation sites is 1. The molecule has 2 aromatic rings. The number of carbonyl (C=O) groups is 2. The molecule has 0 amide bonds. The number of rotatable bonds is 5. The first kappa shape index (κ1) is 15.4. The van der Waals surface area contributed by atoms with Gasteiger partial charge in [-0.05, 0) is 25.0 Å². The summed E-state index contributed by atoms with van der Waals surface area (Å²) >= 11 is 0. The lowest BCUT2D eigenvalue weighted by Crippen LogP contribution is -2.36. The van der Waals surface area contributed by atoms with Crippen molar-refractivity contribution in [3.8, 4) is 5.75 Å². The third-order valence-corrected chi connectivity index (χ3v) is 3.89. The smallest absolute Gasteiger partial charge is 0.526 e. The van der Waals surface area contributed by atoms with Crippen molar-refractivity contribution in [2.45, 2.75) is 32.1 Å². The van der Waals surface area contributed by atoms with Gasteiger partial charge in [-0.2, -0.15) is 5.10 Å². The third kappa shape index (κ3) is 3.32. The second-order valence-corrected chi connectivity index (χ2v) is 5.66. The van der Waals surface area contributed by atoms with Crippen LogP contribution in [-0.2, 0) is 17.8 Å². The van der Waals surface area contributed by atoms with Gasteiger partial charge in [0.25, 0.3) is 0 Å². The minimum Gasteiger partial charge on any atom is -0.535 e. The summed E-state index contributed by atoms with van der Waals surface area (Å²) in [7, 11) is -1.11. The fourth-order valence-electron chi connectivity index (χ4n) is 2.79. The maximum atomic E-state index is 12.1. The molecule has 0 bridgehead atoms. The molecule has 0 saturated heterocycles. The lowest BCUT2D eigenvalue weighted by atomic mass is 9.64. The summed E-state index contributed by atoms with van der Waals surface area (Å²) < 4.78 is 6.97. The summed E-state index contributed by atoms with van der Waals surface area (Å²) in [5.41, 5.74) is 1.29. The van der Waals surface area contributed by atoms with E-state index in [1.54, 1.807) is 12.1 Å². The molecule has 1 atom stereocenters. The molecule has 0 fully saturated rings. The standard InChI is InChI=1S/C15H16BN3O4/c1-10(20)14-4-2-3-11-5-12(16(22)23-15(11)14)6-13(21)7-19-9-17-8-18-19/h2-4,8-9,12,22H,5-7H2,1H3/t12-/m1/s1. The quantitative estimate of drug-likeness (QED) is 0.652. The molecule has 0 radical (unpaired) electrons. The van der Waals surface area contributed by atoms with Crippen molar-refractivity contribution in [1.82, 2.24) is 14.8 Å². The van der Waals surface area contributed by atoms with Crippen LogP contribution in [0.15, 0.2) is 30.9 Å². The van der Waals surface area contributed by atoms with Crippen LogP contribution in [0.25, 0.3) is 0 Å². The van der Waals surface area contributed by atoms with E-state index in [1.807, 2.05) is 6.07 Å². The van der Waals surface area contributed by atoms with Crippen molar-refractivity contribution >= 4 is 18.7 Å². The van der Waals surface area contributed by atoms with Crippen LogP contribution < -0.4 is 4.65 Å². The zero-order valence-electron chi connectivity index (χ0n) is 12.7. The molecule has 118 valence electrons. The molecule has 8 heteroatoms. The Morgan fingerprint density at radius 2 is 2.30 bits per heavy atom. The number of hydrogen-bond donors (Lipinski definition) is 1. The Labute approximate surface area is 133 Å². The number of ketones is 2. The predicted molar refractivity (Wildman–Crippen MR) is 82.1 cm³/mol. The van der Waals surface area contributed by atoms with E-state index in [9.17, 15) is 14.6 Å². The minimum absolute atomic E-state index is 0.0608. The number of fused-ring (bicyclic) bond motifs is 1. The Morgan fingerprint density at radius 1 is 1.48 bits per heavy atom. The number of hydrogen-bond acceptors (Lipinski definition) is 6. The van der Waals surface area contributed by atoms with Crippen molar-refractivity contribution in [2.75, 3.05) is 0 Å². The van der Waals surface area contributed by atoms with E-state index in [4.69, 9.17) is 4.65 Å². The maximum absolute atomic E-state index is 12.1. The summed E-state index contributed by atoms with van der Waals surface area (Å²) in [4.78, 5) is 27.5. The predicted octanol–water partition coefficient (Wildman–Crippen LogP) is 0.926. The molecule has 1 N–H and O–H groups in total. The highest BCUT2D eigenvalue weighted by molar-refractivity contribution is 6.47. The monoisotopic (exact) mass is 313 g/mol. The highest BCUT2D eigenvalue weighted by Crippen LogP contribution is 2.36. The summed E-state index contributed by atoms with van der Waals surface area (Å²) in [5, 5.41) is 14.1. The molecular formula is C15H16BN3O4. The van der Waals surface area contributed by atoms with Crippen LogP contribution in [0.5, 0.6) is 5.75 Å². The fraction of sp³-hybridized carbons (Fsp3) is 0.333. The van der Waals surface area contributed by atoms with Crippen molar-refractivity contribution < 1.29 is 19.3 Å². The first-order valence-electron chi connectivity index (χ1n) is 7.36. The van der Waals surface area contributed by atoms with Crippen molar-refractivity contribution in [3.05, 3.63) is 42.0 Å². The van der Waals surface area contributed by atoms with Crippen LogP contribution in [0, 0.1) is 0 Å². The van der Waals surface area contributed by atoms with Gasteiger partial charge in [0.15, 0.2) is 11.6 Å². The van der Waals surface area contributed by atoms with Crippen molar-refractivity contribution in [3.63, 3.8) is 0 Å². The first-order valence-corrected chi connectivity index (χ1v) is 7.36. The van der Waals surface area contributed by atoms with Gasteiger partial charge in [0.1, 0.15) is 24.9 Å². The van der Waals surface area contributed by atoms with E-state index in [0.717, 1.165) is 5.56 Å². The van der Waals surface area contributed by atoms with Crippen LogP contribution in [0.4, 0.5) is 0 Å². The number of nitrogens with zero attached hydrogens (tertiary/aromatic N) is 3. The van der Waals surface area contributed by atoms with Gasteiger partial charge in [0, 0.05) is 12.2 Å². The number of benzene rings is 1. The molecular weight excluding hydrogens is 297 g/mol. The Bertz CT molecular complexity index is 732. The molecule has 0 saturated carbocycles. The minimum atomic E-state index is -1.11. The normalized spacial score (nSPS) is 16.6. The Hall–Kier alpha value is -2.48. The summed E-state index contributed by atoms with van der Waals surface area (Å²) in [6.07, 6.45) is 3.50. The summed E-state index contributed by atoms with van der Waals surface area (Å²) in [6, 6.07) is 5.30. The van der Waals surface area contributed by atoms with Gasteiger partial charge in [-0.15, -0.1) is 0 Å². The van der Waals surface area contributed by atoms with Crippen LogP contribution in [0.1, 0.15) is 29.3 Å². The molecule has 1 aliphatic rings. The van der Waals surface area contributed by atoms with Gasteiger partial charge in [-0.1, -0.05) is 12.1 Å². The molecule has 0 spiro atoms. The van der Waals surface area contributed by atoms with Gasteiger partial charge >= 0.3 is 7.12 Å². The van der Waals surface area contributed by atoms with E-state index >= 15 is 0 Å². The Kier molecular flexibility index (Phi) is 4.25. The molecule has 1 aliphatic heterocycles. The van der Waals surface area contributed by atoms with Crippen LogP contribution in [0.3, 0.4) is 0 Å². The number of Topliss-reactive ketones (excluding diaryl/α,β-unsaturated/α-hetero) is 2. The van der Waals surface area contributed by atoms with E-state index in [-0.39, 0.29) is 30.3 Å². The second-order valence-electron chi connectivity index (χ2n) is 5.66. The molecule has 1 aromatic heterocycles. The lowest BCUT2D eigenvalue weighted by Gasteiger charge is -2.28. The van der Waals surface area contributed by atoms with Gasteiger partial charge < -0.3 is 9.68 Å². The molecule has 7 nitrogen and oxygen atoms in total. The zero-order valence-corrected chi connectivity index (χ0v) is 12.7. The molecule has 23 heavy (non-hydrogen) atoms.